The molecule has 2 heterocycles. The van der Waals surface area contributed by atoms with Crippen LogP contribution in [0.2, 0.25) is 5.02 Å². The van der Waals surface area contributed by atoms with Gasteiger partial charge in [0.1, 0.15) is 17.5 Å². The number of methoxy groups -OCH3 is 1. The molecule has 4 aromatic rings. The molecule has 246 valence electrons. The van der Waals surface area contributed by atoms with E-state index in [-0.39, 0.29) is 12.5 Å². The fourth-order valence-corrected chi connectivity index (χ4v) is 5.96. The molecule has 11 heteroatoms. The van der Waals surface area contributed by atoms with Crippen molar-refractivity contribution in [2.24, 2.45) is 13.0 Å². The zero-order chi connectivity index (χ0) is 33.7. The van der Waals surface area contributed by atoms with Crippen molar-refractivity contribution < 1.29 is 23.9 Å². The summed E-state index contributed by atoms with van der Waals surface area (Å²) in [4.78, 5) is 42.0. The molecule has 2 aromatic heterocycles. The topological polar surface area (TPSA) is 127 Å². The second kappa shape index (κ2) is 14.9. The molecule has 0 bridgehead atoms. The molecule has 46 heavy (non-hydrogen) atoms. The van der Waals surface area contributed by atoms with Gasteiger partial charge in [-0.05, 0) is 81.7 Å². The second-order valence-corrected chi connectivity index (χ2v) is 12.5. The van der Waals surface area contributed by atoms with Crippen molar-refractivity contribution in [2.45, 2.75) is 66.8 Å². The van der Waals surface area contributed by atoms with Crippen LogP contribution >= 0.6 is 11.6 Å². The number of aryl methyl sites for hydroxylation is 5. The lowest BCUT2D eigenvalue weighted by atomic mass is 9.98. The van der Waals surface area contributed by atoms with Gasteiger partial charge in [-0.25, -0.2) is 4.79 Å². The zero-order valence-electron chi connectivity index (χ0n) is 27.9. The van der Waals surface area contributed by atoms with Gasteiger partial charge in [0.2, 0.25) is 5.91 Å². The van der Waals surface area contributed by atoms with E-state index in [1.165, 1.54) is 7.11 Å². The quantitative estimate of drug-likeness (QED) is 0.122. The van der Waals surface area contributed by atoms with Gasteiger partial charge >= 0.3 is 5.97 Å². The molecule has 2 aromatic carbocycles. The average molecular weight is 650 g/mol. The van der Waals surface area contributed by atoms with Crippen molar-refractivity contribution in [3.8, 4) is 16.9 Å². The number of halogens is 1. The van der Waals surface area contributed by atoms with Crippen LogP contribution in [0.25, 0.3) is 22.0 Å². The minimum Gasteiger partial charge on any atom is -0.494 e. The smallest absolute Gasteiger partial charge is 0.328 e. The van der Waals surface area contributed by atoms with Crippen LogP contribution in [-0.2, 0) is 27.8 Å². The summed E-state index contributed by atoms with van der Waals surface area (Å²) in [5, 5.41) is 11.7. The lowest BCUT2D eigenvalue weighted by Gasteiger charge is -2.18. The highest BCUT2D eigenvalue weighted by atomic mass is 35.5. The highest BCUT2D eigenvalue weighted by molar-refractivity contribution is 6.32. The molecule has 0 spiro atoms. The fourth-order valence-electron chi connectivity index (χ4n) is 5.85. The number of nitrogens with zero attached hydrogens (tertiary/aromatic N) is 2. The molecular weight excluding hydrogens is 606 g/mol. The number of esters is 1. The van der Waals surface area contributed by atoms with E-state index < -0.39 is 23.8 Å². The lowest BCUT2D eigenvalue weighted by Crippen LogP contribution is -2.46. The Hall–Kier alpha value is -4.31. The van der Waals surface area contributed by atoms with Gasteiger partial charge in [-0.3, -0.25) is 14.3 Å². The van der Waals surface area contributed by atoms with Gasteiger partial charge in [0.05, 0.1) is 31.5 Å². The van der Waals surface area contributed by atoms with E-state index in [1.54, 1.807) is 0 Å². The Balaban J connectivity index is 1.60. The summed E-state index contributed by atoms with van der Waals surface area (Å²) in [6.45, 7) is 11.9. The number of nitrogens with one attached hydrogen (secondary N) is 3. The normalized spacial score (nSPS) is 12.0. The van der Waals surface area contributed by atoms with Crippen LogP contribution in [0.15, 0.2) is 30.3 Å². The maximum atomic E-state index is 13.7. The Morgan fingerprint density at radius 1 is 1.09 bits per heavy atom. The average Bonchev–Trinajstić information content (AvgIpc) is 3.50. The number of H-pyrrole nitrogens is 1. The number of benzene rings is 2. The first-order valence-corrected chi connectivity index (χ1v) is 15.9. The summed E-state index contributed by atoms with van der Waals surface area (Å²) in [6.07, 6.45) is 1.61. The molecule has 0 radical (unpaired) electrons. The minimum absolute atomic E-state index is 0.158. The van der Waals surface area contributed by atoms with Crippen molar-refractivity contribution >= 4 is 40.3 Å². The predicted molar refractivity (Wildman–Crippen MR) is 180 cm³/mol. The van der Waals surface area contributed by atoms with Gasteiger partial charge in [-0.1, -0.05) is 43.6 Å². The van der Waals surface area contributed by atoms with Gasteiger partial charge in [0, 0.05) is 34.3 Å². The summed E-state index contributed by atoms with van der Waals surface area (Å²) >= 11 is 6.32. The number of ether oxygens (including phenoxy) is 2. The second-order valence-electron chi connectivity index (χ2n) is 12.2. The number of para-hydroxylation sites is 1. The molecule has 1 atom stereocenters. The summed E-state index contributed by atoms with van der Waals surface area (Å²) in [6, 6.07) is 9.04. The number of hydrogen-bond donors (Lipinski definition) is 3. The molecule has 0 saturated heterocycles. The molecule has 4 rings (SSSR count). The highest BCUT2D eigenvalue weighted by Crippen LogP contribution is 2.35. The summed E-state index contributed by atoms with van der Waals surface area (Å²) in [5.74, 6) is -0.520. The largest absolute Gasteiger partial charge is 0.494 e. The molecular formula is C35H44ClN5O5. The van der Waals surface area contributed by atoms with Crippen molar-refractivity contribution in [1.82, 2.24) is 25.4 Å². The SMILES string of the molecule is COC(=O)[C@H](CC(C)C)NC(=O)CNC(=O)c1[nH]c2c(-c3c(C)nn(C)c3C)cccc2c1CCCOc1cc(C)c(Cl)c(C)c1. The van der Waals surface area contributed by atoms with Gasteiger partial charge < -0.3 is 25.1 Å². The van der Waals surface area contributed by atoms with E-state index in [4.69, 9.17) is 21.1 Å². The minimum atomic E-state index is -0.792. The van der Waals surface area contributed by atoms with Crippen LogP contribution in [0.4, 0.5) is 0 Å². The van der Waals surface area contributed by atoms with E-state index in [1.807, 2.05) is 83.6 Å². The first-order valence-electron chi connectivity index (χ1n) is 15.5. The third-order valence-corrected chi connectivity index (χ3v) is 8.73. The maximum absolute atomic E-state index is 13.7. The van der Waals surface area contributed by atoms with Crippen LogP contribution in [0, 0.1) is 33.6 Å². The fraction of sp³-hybridized carbons (Fsp3) is 0.429. The van der Waals surface area contributed by atoms with Gasteiger partial charge in [-0.15, -0.1) is 0 Å². The number of carbonyl (C=O) groups excluding carboxylic acids is 3. The molecule has 0 aliphatic carbocycles. The standard InChI is InChI=1S/C35H44ClN5O5/c1-19(2)15-28(35(44)45-8)38-29(42)18-37-34(43)33-26(13-10-14-46-24-16-20(3)31(36)21(4)17-24)25-11-9-12-27(32(25)39-33)30-22(5)40-41(7)23(30)6/h9,11-12,16-17,19,28,39H,10,13-15,18H2,1-8H3,(H,37,43)(H,38,42)/t28-/m0/s1. The molecule has 0 aliphatic heterocycles. The molecule has 2 amide bonds. The van der Waals surface area contributed by atoms with E-state index in [0.29, 0.717) is 31.6 Å². The summed E-state index contributed by atoms with van der Waals surface area (Å²) in [7, 11) is 3.19. The Labute approximate surface area is 275 Å². The van der Waals surface area contributed by atoms with Gasteiger partial charge in [-0.2, -0.15) is 5.10 Å². The number of amides is 2. The van der Waals surface area contributed by atoms with Crippen molar-refractivity contribution in [3.63, 3.8) is 0 Å². The molecule has 0 fully saturated rings. The predicted octanol–water partition coefficient (Wildman–Crippen LogP) is 5.90. The summed E-state index contributed by atoms with van der Waals surface area (Å²) in [5.41, 5.74) is 7.76. The van der Waals surface area contributed by atoms with Crippen LogP contribution in [0.1, 0.15) is 65.3 Å². The number of aromatic nitrogens is 3. The summed E-state index contributed by atoms with van der Waals surface area (Å²) < 4.78 is 12.8. The number of aromatic amines is 1. The van der Waals surface area contributed by atoms with Crippen LogP contribution < -0.4 is 15.4 Å². The van der Waals surface area contributed by atoms with E-state index >= 15 is 0 Å². The number of carbonyl (C=O) groups is 3. The van der Waals surface area contributed by atoms with E-state index in [2.05, 4.69) is 20.7 Å². The van der Waals surface area contributed by atoms with Crippen molar-refractivity contribution in [3.05, 3.63) is 69.1 Å². The first-order chi connectivity index (χ1) is 21.8. The van der Waals surface area contributed by atoms with Gasteiger partial charge in [0.15, 0.2) is 0 Å². The number of rotatable bonds is 13. The molecule has 3 N–H and O–H groups in total. The van der Waals surface area contributed by atoms with Gasteiger partial charge in [0.25, 0.3) is 5.91 Å². The van der Waals surface area contributed by atoms with Crippen LogP contribution in [0.3, 0.4) is 0 Å². The Kier molecular flexibility index (Phi) is 11.2. The van der Waals surface area contributed by atoms with Crippen LogP contribution in [0.5, 0.6) is 5.75 Å². The van der Waals surface area contributed by atoms with Crippen molar-refractivity contribution in [1.29, 1.82) is 0 Å². The number of hydrogen-bond acceptors (Lipinski definition) is 6. The Morgan fingerprint density at radius 2 is 1.78 bits per heavy atom. The monoisotopic (exact) mass is 649 g/mol. The van der Waals surface area contributed by atoms with E-state index in [9.17, 15) is 14.4 Å². The molecule has 0 aliphatic rings. The number of fused-ring (bicyclic) bond motifs is 1. The zero-order valence-corrected chi connectivity index (χ0v) is 28.6. The third kappa shape index (κ3) is 7.73. The van der Waals surface area contributed by atoms with Crippen molar-refractivity contribution in [2.75, 3.05) is 20.3 Å². The third-order valence-electron chi connectivity index (χ3n) is 8.13. The molecule has 10 nitrogen and oxygen atoms in total. The van der Waals surface area contributed by atoms with Crippen LogP contribution in [-0.4, -0.2) is 58.9 Å². The molecule has 0 unspecified atom stereocenters. The maximum Gasteiger partial charge on any atom is 0.328 e. The lowest BCUT2D eigenvalue weighted by molar-refractivity contribution is -0.145. The Morgan fingerprint density at radius 3 is 2.39 bits per heavy atom. The molecule has 0 saturated carbocycles. The van der Waals surface area contributed by atoms with E-state index in [0.717, 1.165) is 60.9 Å². The Bertz CT molecular complexity index is 1730. The highest BCUT2D eigenvalue weighted by Gasteiger charge is 2.25. The first kappa shape index (κ1) is 34.6.